The minimum atomic E-state index is 0.635. The van der Waals surface area contributed by atoms with E-state index in [0.717, 1.165) is 49.5 Å². The second kappa shape index (κ2) is 8.51. The maximum atomic E-state index is 6.52. The molecule has 200 valence electrons. The summed E-state index contributed by atoms with van der Waals surface area (Å²) in [6.07, 6.45) is 0. The third kappa shape index (κ3) is 3.14. The first-order valence-electron chi connectivity index (χ1n) is 14.3. The molecule has 0 fully saturated rings. The molecule has 0 aliphatic rings. The van der Waals surface area contributed by atoms with Crippen LogP contribution in [0.25, 0.3) is 92.0 Å². The van der Waals surface area contributed by atoms with Gasteiger partial charge in [-0.15, -0.1) is 11.3 Å². The van der Waals surface area contributed by atoms with E-state index in [1.165, 1.54) is 30.9 Å². The molecule has 0 atom stereocenters. The molecule has 10 rings (SSSR count). The summed E-state index contributed by atoms with van der Waals surface area (Å²) < 4.78 is 11.3. The Morgan fingerprint density at radius 3 is 2.23 bits per heavy atom. The molecule has 4 nitrogen and oxygen atoms in total. The van der Waals surface area contributed by atoms with E-state index >= 15 is 0 Å². The highest BCUT2D eigenvalue weighted by Gasteiger charge is 2.23. The Balaban J connectivity index is 1.43. The summed E-state index contributed by atoms with van der Waals surface area (Å²) in [7, 11) is 0. The minimum Gasteiger partial charge on any atom is -0.452 e. The number of rotatable bonds is 2. The fourth-order valence-corrected chi connectivity index (χ4v) is 7.87. The first kappa shape index (κ1) is 23.1. The Kier molecular flexibility index (Phi) is 4.57. The zero-order valence-corrected chi connectivity index (χ0v) is 23.6. The van der Waals surface area contributed by atoms with Crippen LogP contribution in [0.1, 0.15) is 0 Å². The van der Waals surface area contributed by atoms with Gasteiger partial charge in [-0.25, -0.2) is 9.97 Å². The van der Waals surface area contributed by atoms with Gasteiger partial charge in [0.15, 0.2) is 5.58 Å². The summed E-state index contributed by atoms with van der Waals surface area (Å²) in [5.74, 6) is 0.635. The fraction of sp³-hybridized carbons (Fsp3) is 0. The molecule has 4 aromatic heterocycles. The smallest absolute Gasteiger partial charge is 0.236 e. The van der Waals surface area contributed by atoms with Gasteiger partial charge in [0.2, 0.25) is 5.95 Å². The van der Waals surface area contributed by atoms with Gasteiger partial charge in [-0.2, -0.15) is 0 Å². The Hall–Kier alpha value is -5.52. The van der Waals surface area contributed by atoms with Crippen molar-refractivity contribution in [3.05, 3.63) is 127 Å². The van der Waals surface area contributed by atoms with Crippen LogP contribution in [0.3, 0.4) is 0 Å². The van der Waals surface area contributed by atoms with E-state index in [2.05, 4.69) is 114 Å². The average Bonchev–Trinajstić information content (AvgIpc) is 3.73. The predicted octanol–water partition coefficient (Wildman–Crippen LogP) is 10.7. The molecular weight excluding hydrogens is 547 g/mol. The Bertz CT molecular complexity index is 2740. The van der Waals surface area contributed by atoms with Gasteiger partial charge in [0.05, 0.1) is 11.0 Å². The molecule has 0 aliphatic carbocycles. The number of thiophene rings is 1. The normalized spacial score (nSPS) is 12.2. The van der Waals surface area contributed by atoms with E-state index in [-0.39, 0.29) is 0 Å². The van der Waals surface area contributed by atoms with Crippen LogP contribution >= 0.6 is 11.3 Å². The van der Waals surface area contributed by atoms with E-state index in [1.54, 1.807) is 0 Å². The molecule has 0 spiro atoms. The Morgan fingerprint density at radius 2 is 1.30 bits per heavy atom. The zero-order valence-electron chi connectivity index (χ0n) is 22.8. The maximum absolute atomic E-state index is 6.52. The largest absolute Gasteiger partial charge is 0.452 e. The van der Waals surface area contributed by atoms with Crippen LogP contribution in [0.5, 0.6) is 0 Å². The summed E-state index contributed by atoms with van der Waals surface area (Å²) in [5, 5.41) is 8.14. The third-order valence-corrected chi connectivity index (χ3v) is 9.76. The predicted molar refractivity (Wildman–Crippen MR) is 179 cm³/mol. The second-order valence-electron chi connectivity index (χ2n) is 11.0. The van der Waals surface area contributed by atoms with Crippen LogP contribution in [0, 0.1) is 0 Å². The van der Waals surface area contributed by atoms with Gasteiger partial charge >= 0.3 is 0 Å². The second-order valence-corrected chi connectivity index (χ2v) is 12.0. The standard InChI is InChI=1S/C38H21N3OS/c1-2-12-23-22(10-1)11-9-16-25(23)34-37-35(27-14-4-7-18-30(27)42-37)40-38(39-34)41-29-17-6-3-13-24(29)26-20-21-32-33(36(26)41)28-15-5-8-19-31(28)43-32/h1-21H. The summed E-state index contributed by atoms with van der Waals surface area (Å²) >= 11 is 1.83. The molecular formula is C38H21N3OS. The van der Waals surface area contributed by atoms with E-state index < -0.39 is 0 Å². The van der Waals surface area contributed by atoms with Gasteiger partial charge in [-0.3, -0.25) is 4.57 Å². The number of hydrogen-bond donors (Lipinski definition) is 0. The molecule has 0 unspecified atom stereocenters. The van der Waals surface area contributed by atoms with Crippen LogP contribution in [-0.4, -0.2) is 14.5 Å². The SMILES string of the molecule is c1ccc2c(-c3nc(-n4c5ccccc5c5ccc6sc7ccccc7c6c54)nc4c3oc3ccccc34)cccc2c1. The van der Waals surface area contributed by atoms with Crippen LogP contribution in [0.15, 0.2) is 132 Å². The zero-order chi connectivity index (χ0) is 28.1. The average molecular weight is 568 g/mol. The first-order valence-corrected chi connectivity index (χ1v) is 15.2. The highest BCUT2D eigenvalue weighted by atomic mass is 32.1. The molecule has 6 aromatic carbocycles. The lowest BCUT2D eigenvalue weighted by atomic mass is 10.0. The quantitative estimate of drug-likeness (QED) is 0.209. The summed E-state index contributed by atoms with van der Waals surface area (Å²) in [5.41, 5.74) is 6.35. The van der Waals surface area contributed by atoms with Crippen LogP contribution in [-0.2, 0) is 0 Å². The number of nitrogens with zero attached hydrogens (tertiary/aromatic N) is 3. The lowest BCUT2D eigenvalue weighted by Gasteiger charge is -2.11. The molecule has 5 heteroatoms. The van der Waals surface area contributed by atoms with Gasteiger partial charge in [0.1, 0.15) is 16.8 Å². The Labute approximate surface area is 249 Å². The number of furan rings is 1. The van der Waals surface area contributed by atoms with Crippen molar-refractivity contribution in [2.45, 2.75) is 0 Å². The van der Waals surface area contributed by atoms with Gasteiger partial charge < -0.3 is 4.42 Å². The Morgan fingerprint density at radius 1 is 0.558 bits per heavy atom. The highest BCUT2D eigenvalue weighted by Crippen LogP contribution is 2.44. The molecule has 0 amide bonds. The van der Waals surface area contributed by atoms with Crippen molar-refractivity contribution in [1.82, 2.24) is 14.5 Å². The number of para-hydroxylation sites is 2. The molecule has 43 heavy (non-hydrogen) atoms. The van der Waals surface area contributed by atoms with Gasteiger partial charge in [0, 0.05) is 41.9 Å². The third-order valence-electron chi connectivity index (χ3n) is 8.63. The minimum absolute atomic E-state index is 0.635. The van der Waals surface area contributed by atoms with Crippen molar-refractivity contribution in [1.29, 1.82) is 0 Å². The van der Waals surface area contributed by atoms with E-state index in [0.29, 0.717) is 11.5 Å². The summed E-state index contributed by atoms with van der Waals surface area (Å²) in [6, 6.07) is 44.7. The topological polar surface area (TPSA) is 43.9 Å². The van der Waals surface area contributed by atoms with Crippen LogP contribution in [0.2, 0.25) is 0 Å². The number of benzene rings is 6. The van der Waals surface area contributed by atoms with Crippen LogP contribution in [0.4, 0.5) is 0 Å². The van der Waals surface area contributed by atoms with Gasteiger partial charge in [-0.05, 0) is 41.1 Å². The monoisotopic (exact) mass is 567 g/mol. The van der Waals surface area contributed by atoms with Crippen molar-refractivity contribution in [3.8, 4) is 17.2 Å². The molecule has 0 radical (unpaired) electrons. The summed E-state index contributed by atoms with van der Waals surface area (Å²) in [4.78, 5) is 10.7. The van der Waals surface area contributed by atoms with E-state index in [4.69, 9.17) is 14.4 Å². The number of aromatic nitrogens is 3. The van der Waals surface area contributed by atoms with E-state index in [1.807, 2.05) is 29.5 Å². The molecule has 0 saturated heterocycles. The molecule has 10 aromatic rings. The fourth-order valence-electron chi connectivity index (χ4n) is 6.77. The summed E-state index contributed by atoms with van der Waals surface area (Å²) in [6.45, 7) is 0. The molecule has 0 saturated carbocycles. The van der Waals surface area contributed by atoms with Gasteiger partial charge in [0.25, 0.3) is 0 Å². The van der Waals surface area contributed by atoms with Crippen molar-refractivity contribution in [2.24, 2.45) is 0 Å². The maximum Gasteiger partial charge on any atom is 0.236 e. The van der Waals surface area contributed by atoms with Crippen molar-refractivity contribution >= 4 is 86.2 Å². The highest BCUT2D eigenvalue weighted by molar-refractivity contribution is 7.26. The molecule has 4 heterocycles. The van der Waals surface area contributed by atoms with Crippen molar-refractivity contribution < 1.29 is 4.42 Å². The lowest BCUT2D eigenvalue weighted by Crippen LogP contribution is -2.03. The molecule has 0 aliphatic heterocycles. The van der Waals surface area contributed by atoms with Gasteiger partial charge in [-0.1, -0.05) is 97.1 Å². The molecule has 0 bridgehead atoms. The van der Waals surface area contributed by atoms with Crippen molar-refractivity contribution in [2.75, 3.05) is 0 Å². The first-order chi connectivity index (χ1) is 21.3. The van der Waals surface area contributed by atoms with E-state index in [9.17, 15) is 0 Å². The van der Waals surface area contributed by atoms with Crippen molar-refractivity contribution in [3.63, 3.8) is 0 Å². The van der Waals surface area contributed by atoms with Crippen LogP contribution < -0.4 is 0 Å². The number of fused-ring (bicyclic) bond motifs is 11. The molecule has 0 N–H and O–H groups in total. The number of hydrogen-bond acceptors (Lipinski definition) is 4. The lowest BCUT2D eigenvalue weighted by molar-refractivity contribution is 0.666.